The fourth-order valence-electron chi connectivity index (χ4n) is 1.99. The van der Waals surface area contributed by atoms with Gasteiger partial charge in [0.25, 0.3) is 11.6 Å². The van der Waals surface area contributed by atoms with Crippen molar-refractivity contribution in [1.82, 2.24) is 5.32 Å². The number of nitro groups is 1. The van der Waals surface area contributed by atoms with Crippen molar-refractivity contribution in [3.05, 3.63) is 68.7 Å². The molecule has 120 valence electrons. The number of nitrogens with zero attached hydrogens (tertiary/aromatic N) is 2. The van der Waals surface area contributed by atoms with Gasteiger partial charge in [0.15, 0.2) is 0 Å². The normalized spacial score (nSPS) is 10.2. The van der Waals surface area contributed by atoms with E-state index >= 15 is 0 Å². The van der Waals surface area contributed by atoms with Crippen LogP contribution < -0.4 is 10.2 Å². The minimum Gasteiger partial charge on any atom is -0.378 e. The highest BCUT2D eigenvalue weighted by Crippen LogP contribution is 2.22. The topological polar surface area (TPSA) is 75.5 Å². The summed E-state index contributed by atoms with van der Waals surface area (Å²) in [6, 6.07) is 11.5. The summed E-state index contributed by atoms with van der Waals surface area (Å²) in [7, 11) is 3.90. The molecule has 2 aromatic rings. The van der Waals surface area contributed by atoms with Crippen molar-refractivity contribution in [1.29, 1.82) is 0 Å². The highest BCUT2D eigenvalue weighted by Gasteiger charge is 2.14. The number of hydrogen-bond acceptors (Lipinski definition) is 4. The number of nitrogens with one attached hydrogen (secondary N) is 1. The van der Waals surface area contributed by atoms with Gasteiger partial charge in [-0.15, -0.1) is 0 Å². The van der Waals surface area contributed by atoms with E-state index in [1.807, 2.05) is 43.3 Å². The molecule has 0 atom stereocenters. The molecule has 0 radical (unpaired) electrons. The predicted octanol–water partition coefficient (Wildman–Crippen LogP) is 3.24. The summed E-state index contributed by atoms with van der Waals surface area (Å²) in [5, 5.41) is 13.5. The summed E-state index contributed by atoms with van der Waals surface area (Å²) in [5.41, 5.74) is 2.08. The van der Waals surface area contributed by atoms with Gasteiger partial charge < -0.3 is 10.2 Å². The monoisotopic (exact) mass is 333 g/mol. The third-order valence-corrected chi connectivity index (χ3v) is 3.63. The molecule has 0 heterocycles. The second-order valence-corrected chi connectivity index (χ2v) is 5.57. The molecule has 0 saturated carbocycles. The maximum absolute atomic E-state index is 12.1. The van der Waals surface area contributed by atoms with Crippen molar-refractivity contribution < 1.29 is 9.72 Å². The first-order valence-electron chi connectivity index (χ1n) is 6.87. The van der Waals surface area contributed by atoms with Crippen LogP contribution in [-0.2, 0) is 6.54 Å². The maximum Gasteiger partial charge on any atom is 0.270 e. The van der Waals surface area contributed by atoms with E-state index in [0.29, 0.717) is 6.54 Å². The summed E-state index contributed by atoms with van der Waals surface area (Å²) >= 11 is 5.93. The molecule has 0 aliphatic heterocycles. The molecule has 1 N–H and O–H groups in total. The average molecular weight is 334 g/mol. The minimum atomic E-state index is -0.556. The number of rotatable bonds is 5. The fraction of sp³-hybridized carbons (Fsp3) is 0.188. The zero-order chi connectivity index (χ0) is 17.0. The second-order valence-electron chi connectivity index (χ2n) is 5.16. The number of halogens is 1. The summed E-state index contributed by atoms with van der Waals surface area (Å²) in [6.07, 6.45) is 0. The van der Waals surface area contributed by atoms with Gasteiger partial charge in [-0.2, -0.15) is 0 Å². The molecule has 2 aromatic carbocycles. The van der Waals surface area contributed by atoms with E-state index in [4.69, 9.17) is 11.6 Å². The van der Waals surface area contributed by atoms with E-state index in [0.717, 1.165) is 11.3 Å². The van der Waals surface area contributed by atoms with Crippen molar-refractivity contribution in [3.8, 4) is 0 Å². The molecule has 0 unspecified atom stereocenters. The lowest BCUT2D eigenvalue weighted by atomic mass is 10.1. The second kappa shape index (κ2) is 7.11. The van der Waals surface area contributed by atoms with Gasteiger partial charge in [-0.1, -0.05) is 23.7 Å². The quantitative estimate of drug-likeness (QED) is 0.673. The number of hydrogen-bond donors (Lipinski definition) is 1. The standard InChI is InChI=1S/C16H16ClN3O3/c1-19(2)12-5-3-11(4-6-12)10-18-16(21)14-8-7-13(20(22)23)9-15(14)17/h3-9H,10H2,1-2H3,(H,18,21). The lowest BCUT2D eigenvalue weighted by molar-refractivity contribution is -0.384. The molecule has 23 heavy (non-hydrogen) atoms. The van der Waals surface area contributed by atoms with Crippen molar-refractivity contribution in [2.75, 3.05) is 19.0 Å². The van der Waals surface area contributed by atoms with Crippen molar-refractivity contribution >= 4 is 28.9 Å². The number of amides is 1. The smallest absolute Gasteiger partial charge is 0.270 e. The van der Waals surface area contributed by atoms with E-state index in [-0.39, 0.29) is 22.2 Å². The Balaban J connectivity index is 2.03. The Morgan fingerprint density at radius 1 is 1.22 bits per heavy atom. The molecule has 1 amide bonds. The highest BCUT2D eigenvalue weighted by atomic mass is 35.5. The predicted molar refractivity (Wildman–Crippen MR) is 90.0 cm³/mol. The zero-order valence-electron chi connectivity index (χ0n) is 12.7. The Bertz CT molecular complexity index is 730. The van der Waals surface area contributed by atoms with Crippen LogP contribution in [-0.4, -0.2) is 24.9 Å². The lowest BCUT2D eigenvalue weighted by Gasteiger charge is -2.13. The van der Waals surface area contributed by atoms with Gasteiger partial charge in [-0.25, -0.2) is 0 Å². The van der Waals surface area contributed by atoms with Gasteiger partial charge in [0.1, 0.15) is 0 Å². The van der Waals surface area contributed by atoms with Crippen LogP contribution in [0.2, 0.25) is 5.02 Å². The summed E-state index contributed by atoms with van der Waals surface area (Å²) < 4.78 is 0. The van der Waals surface area contributed by atoms with Gasteiger partial charge in [0, 0.05) is 38.5 Å². The fourth-order valence-corrected chi connectivity index (χ4v) is 2.25. The number of anilines is 1. The Morgan fingerprint density at radius 3 is 2.39 bits per heavy atom. The van der Waals surface area contributed by atoms with E-state index in [2.05, 4.69) is 5.32 Å². The number of carbonyl (C=O) groups excluding carboxylic acids is 1. The van der Waals surface area contributed by atoms with Crippen LogP contribution >= 0.6 is 11.6 Å². The molecule has 0 fully saturated rings. The first-order valence-corrected chi connectivity index (χ1v) is 7.24. The first kappa shape index (κ1) is 16.8. The molecule has 6 nitrogen and oxygen atoms in total. The molecule has 0 aromatic heterocycles. The van der Waals surface area contributed by atoms with Gasteiger partial charge in [-0.05, 0) is 23.8 Å². The van der Waals surface area contributed by atoms with E-state index in [9.17, 15) is 14.9 Å². The van der Waals surface area contributed by atoms with Gasteiger partial charge in [-0.3, -0.25) is 14.9 Å². The molecule has 2 rings (SSSR count). The van der Waals surface area contributed by atoms with Crippen molar-refractivity contribution in [2.45, 2.75) is 6.54 Å². The van der Waals surface area contributed by atoms with Crippen molar-refractivity contribution in [3.63, 3.8) is 0 Å². The van der Waals surface area contributed by atoms with E-state index in [1.54, 1.807) is 0 Å². The molecule has 7 heteroatoms. The molecule has 0 spiro atoms. The van der Waals surface area contributed by atoms with E-state index < -0.39 is 4.92 Å². The molecule has 0 aliphatic rings. The van der Waals surface area contributed by atoms with Crippen LogP contribution in [0.4, 0.5) is 11.4 Å². The SMILES string of the molecule is CN(C)c1ccc(CNC(=O)c2ccc([N+](=O)[O-])cc2Cl)cc1. The zero-order valence-corrected chi connectivity index (χ0v) is 13.5. The third kappa shape index (κ3) is 4.20. The Kier molecular flexibility index (Phi) is 5.18. The molecule has 0 bridgehead atoms. The third-order valence-electron chi connectivity index (χ3n) is 3.31. The average Bonchev–Trinajstić information content (AvgIpc) is 2.52. The Labute approximate surface area is 138 Å². The number of carbonyl (C=O) groups is 1. The van der Waals surface area contributed by atoms with Crippen LogP contribution in [0.5, 0.6) is 0 Å². The van der Waals surface area contributed by atoms with Crippen LogP contribution in [0.1, 0.15) is 15.9 Å². The first-order chi connectivity index (χ1) is 10.9. The molecular formula is C16H16ClN3O3. The lowest BCUT2D eigenvalue weighted by Crippen LogP contribution is -2.23. The van der Waals surface area contributed by atoms with Gasteiger partial charge >= 0.3 is 0 Å². The van der Waals surface area contributed by atoms with Gasteiger partial charge in [0.2, 0.25) is 0 Å². The Hall–Kier alpha value is -2.60. The van der Waals surface area contributed by atoms with Crippen LogP contribution in [0.3, 0.4) is 0 Å². The van der Waals surface area contributed by atoms with Crippen molar-refractivity contribution in [2.24, 2.45) is 0 Å². The largest absolute Gasteiger partial charge is 0.378 e. The van der Waals surface area contributed by atoms with Crippen LogP contribution in [0.25, 0.3) is 0 Å². The van der Waals surface area contributed by atoms with E-state index in [1.165, 1.54) is 18.2 Å². The number of non-ortho nitro benzene ring substituents is 1. The van der Waals surface area contributed by atoms with Crippen LogP contribution in [0.15, 0.2) is 42.5 Å². The summed E-state index contributed by atoms with van der Waals surface area (Å²) in [5.74, 6) is -0.374. The number of benzene rings is 2. The summed E-state index contributed by atoms with van der Waals surface area (Å²) in [6.45, 7) is 0.347. The Morgan fingerprint density at radius 2 is 1.87 bits per heavy atom. The number of nitro benzene ring substituents is 1. The molecule has 0 aliphatic carbocycles. The molecular weight excluding hydrogens is 318 g/mol. The highest BCUT2D eigenvalue weighted by molar-refractivity contribution is 6.34. The van der Waals surface area contributed by atoms with Gasteiger partial charge in [0.05, 0.1) is 15.5 Å². The minimum absolute atomic E-state index is 0.0552. The van der Waals surface area contributed by atoms with Crippen LogP contribution in [0, 0.1) is 10.1 Å². The summed E-state index contributed by atoms with van der Waals surface area (Å²) in [4.78, 5) is 24.2. The molecule has 0 saturated heterocycles. The maximum atomic E-state index is 12.1.